The lowest BCUT2D eigenvalue weighted by molar-refractivity contribution is 0.207. The van der Waals surface area contributed by atoms with Crippen molar-refractivity contribution in [1.29, 1.82) is 0 Å². The zero-order valence-corrected chi connectivity index (χ0v) is 16.3. The molecule has 8 heteroatoms. The highest BCUT2D eigenvalue weighted by Crippen LogP contribution is 2.26. The number of thiazole rings is 1. The summed E-state index contributed by atoms with van der Waals surface area (Å²) in [6.07, 6.45) is 0. The van der Waals surface area contributed by atoms with Crippen molar-refractivity contribution in [2.75, 3.05) is 12.4 Å². The van der Waals surface area contributed by atoms with Crippen molar-refractivity contribution in [2.24, 2.45) is 0 Å². The number of rotatable bonds is 4. The van der Waals surface area contributed by atoms with Crippen LogP contribution in [0.2, 0.25) is 0 Å². The first-order chi connectivity index (χ1) is 12.3. The van der Waals surface area contributed by atoms with Crippen LogP contribution in [0.1, 0.15) is 34.4 Å². The van der Waals surface area contributed by atoms with Crippen LogP contribution >= 0.6 is 11.3 Å². The first-order valence-electron chi connectivity index (χ1n) is 8.32. The van der Waals surface area contributed by atoms with Gasteiger partial charge in [0.25, 0.3) is 0 Å². The second-order valence-corrected chi connectivity index (χ2v) is 7.62. The van der Waals surface area contributed by atoms with Crippen LogP contribution in [0.3, 0.4) is 0 Å². The molecule has 0 radical (unpaired) electrons. The van der Waals surface area contributed by atoms with E-state index < -0.39 is 0 Å². The number of nitrogens with one attached hydrogen (secondary N) is 2. The number of carbonyl (C=O) groups is 1. The van der Waals surface area contributed by atoms with Gasteiger partial charge in [0.2, 0.25) is 0 Å². The lowest BCUT2D eigenvalue weighted by atomic mass is 10.2. The predicted octanol–water partition coefficient (Wildman–Crippen LogP) is 4.08. The summed E-state index contributed by atoms with van der Waals surface area (Å²) in [4.78, 5) is 24.2. The summed E-state index contributed by atoms with van der Waals surface area (Å²) in [6, 6.07) is 7.18. The van der Waals surface area contributed by atoms with Gasteiger partial charge in [0.15, 0.2) is 5.82 Å². The molecule has 2 N–H and O–H groups in total. The molecular formula is C18H22N6OS. The van der Waals surface area contributed by atoms with E-state index in [9.17, 15) is 4.79 Å². The van der Waals surface area contributed by atoms with Crippen LogP contribution in [-0.4, -0.2) is 38.1 Å². The minimum absolute atomic E-state index is 0.101. The number of amides is 2. The molecule has 2 aromatic heterocycles. The van der Waals surface area contributed by atoms with Gasteiger partial charge < -0.3 is 10.2 Å². The number of aromatic nitrogens is 4. The molecule has 1 unspecified atom stereocenters. The molecule has 136 valence electrons. The normalized spacial score (nSPS) is 12.0. The van der Waals surface area contributed by atoms with Crippen LogP contribution in [0.4, 0.5) is 10.5 Å². The summed E-state index contributed by atoms with van der Waals surface area (Å²) in [5.41, 5.74) is 2.55. The van der Waals surface area contributed by atoms with Gasteiger partial charge >= 0.3 is 6.03 Å². The number of hydrogen-bond donors (Lipinski definition) is 2. The summed E-state index contributed by atoms with van der Waals surface area (Å²) in [5.74, 6) is 1.40. The number of nitrogens with zero attached hydrogens (tertiary/aromatic N) is 4. The van der Waals surface area contributed by atoms with E-state index in [1.165, 1.54) is 0 Å². The Morgan fingerprint density at radius 1 is 1.19 bits per heavy atom. The monoisotopic (exact) mass is 370 g/mol. The number of anilines is 1. The van der Waals surface area contributed by atoms with Crippen LogP contribution < -0.4 is 5.32 Å². The fraction of sp³-hybridized carbons (Fsp3) is 0.333. The molecule has 7 nitrogen and oxygen atoms in total. The van der Waals surface area contributed by atoms with E-state index in [4.69, 9.17) is 0 Å². The molecule has 2 heterocycles. The van der Waals surface area contributed by atoms with Gasteiger partial charge in [0.1, 0.15) is 5.82 Å². The minimum Gasteiger partial charge on any atom is -0.319 e. The summed E-state index contributed by atoms with van der Waals surface area (Å²) < 4.78 is 0. The van der Waals surface area contributed by atoms with Crippen LogP contribution in [0.15, 0.2) is 24.3 Å². The Balaban J connectivity index is 1.68. The zero-order valence-electron chi connectivity index (χ0n) is 15.5. The van der Waals surface area contributed by atoms with E-state index in [2.05, 4.69) is 25.5 Å². The van der Waals surface area contributed by atoms with Gasteiger partial charge in [-0.1, -0.05) is 0 Å². The number of urea groups is 1. The largest absolute Gasteiger partial charge is 0.322 e. The van der Waals surface area contributed by atoms with E-state index in [0.29, 0.717) is 5.82 Å². The first-order valence-corrected chi connectivity index (χ1v) is 9.14. The topological polar surface area (TPSA) is 86.8 Å². The molecule has 26 heavy (non-hydrogen) atoms. The second kappa shape index (κ2) is 7.25. The van der Waals surface area contributed by atoms with E-state index in [-0.39, 0.29) is 12.1 Å². The third-order valence-electron chi connectivity index (χ3n) is 4.23. The maximum Gasteiger partial charge on any atom is 0.322 e. The van der Waals surface area contributed by atoms with Crippen molar-refractivity contribution in [3.8, 4) is 11.4 Å². The molecule has 1 atom stereocenters. The van der Waals surface area contributed by atoms with Gasteiger partial charge in [-0.25, -0.2) is 14.8 Å². The molecule has 0 bridgehead atoms. The lowest BCUT2D eigenvalue weighted by Gasteiger charge is -2.24. The standard InChI is InChI=1S/C18H22N6OS/c1-10(16-11(2)26-13(4)20-16)24(5)18(25)21-15-8-6-14(7-9-15)17-19-12(3)22-23-17/h6-10H,1-5H3,(H,21,25)(H,19,22,23). The molecule has 0 fully saturated rings. The maximum atomic E-state index is 12.6. The molecule has 0 aliphatic heterocycles. The molecule has 0 aliphatic rings. The Morgan fingerprint density at radius 2 is 1.88 bits per heavy atom. The highest BCUT2D eigenvalue weighted by atomic mass is 32.1. The summed E-state index contributed by atoms with van der Waals surface area (Å²) >= 11 is 1.65. The summed E-state index contributed by atoms with van der Waals surface area (Å²) in [7, 11) is 1.78. The molecule has 3 rings (SSSR count). The number of benzene rings is 1. The quantitative estimate of drug-likeness (QED) is 0.724. The average molecular weight is 370 g/mol. The predicted molar refractivity (Wildman–Crippen MR) is 103 cm³/mol. The second-order valence-electron chi connectivity index (χ2n) is 6.21. The average Bonchev–Trinajstić information content (AvgIpc) is 3.19. The van der Waals surface area contributed by atoms with Gasteiger partial charge in [-0.2, -0.15) is 5.10 Å². The Bertz CT molecular complexity index is 914. The van der Waals surface area contributed by atoms with Gasteiger partial charge in [-0.05, 0) is 52.0 Å². The van der Waals surface area contributed by atoms with Crippen molar-refractivity contribution in [2.45, 2.75) is 33.7 Å². The van der Waals surface area contributed by atoms with Gasteiger partial charge in [-0.15, -0.1) is 11.3 Å². The third kappa shape index (κ3) is 3.75. The molecular weight excluding hydrogens is 348 g/mol. The fourth-order valence-electron chi connectivity index (χ4n) is 2.68. The number of aromatic amines is 1. The van der Waals surface area contributed by atoms with E-state index in [0.717, 1.165) is 32.7 Å². The lowest BCUT2D eigenvalue weighted by Crippen LogP contribution is -2.34. The van der Waals surface area contributed by atoms with Crippen molar-refractivity contribution in [3.63, 3.8) is 0 Å². The SMILES string of the molecule is Cc1nc(-c2ccc(NC(=O)N(C)C(C)c3nc(C)sc3C)cc2)n[nH]1. The molecule has 1 aromatic carbocycles. The minimum atomic E-state index is -0.177. The van der Waals surface area contributed by atoms with Crippen LogP contribution in [0.25, 0.3) is 11.4 Å². The fourth-order valence-corrected chi connectivity index (χ4v) is 3.59. The van der Waals surface area contributed by atoms with Gasteiger partial charge in [0.05, 0.1) is 16.7 Å². The molecule has 0 saturated heterocycles. The molecule has 2 amide bonds. The Hall–Kier alpha value is -2.74. The van der Waals surface area contributed by atoms with Crippen LogP contribution in [0.5, 0.6) is 0 Å². The summed E-state index contributed by atoms with van der Waals surface area (Å²) in [5, 5.41) is 10.9. The number of hydrogen-bond acceptors (Lipinski definition) is 5. The zero-order chi connectivity index (χ0) is 18.8. The Morgan fingerprint density at radius 3 is 2.42 bits per heavy atom. The third-order valence-corrected chi connectivity index (χ3v) is 5.13. The maximum absolute atomic E-state index is 12.6. The molecule has 0 spiro atoms. The molecule has 0 saturated carbocycles. The van der Waals surface area contributed by atoms with Crippen LogP contribution in [0, 0.1) is 20.8 Å². The van der Waals surface area contributed by atoms with Crippen molar-refractivity contribution in [1.82, 2.24) is 25.1 Å². The van der Waals surface area contributed by atoms with Crippen molar-refractivity contribution < 1.29 is 4.79 Å². The van der Waals surface area contributed by atoms with E-state index in [1.54, 1.807) is 23.3 Å². The van der Waals surface area contributed by atoms with E-state index in [1.807, 2.05) is 52.0 Å². The smallest absolute Gasteiger partial charge is 0.319 e. The highest BCUT2D eigenvalue weighted by Gasteiger charge is 2.21. The Kier molecular flexibility index (Phi) is 5.03. The summed E-state index contributed by atoms with van der Waals surface area (Å²) in [6.45, 7) is 7.85. The van der Waals surface area contributed by atoms with Gasteiger partial charge in [0, 0.05) is 23.2 Å². The Labute approximate surface area is 156 Å². The number of carbonyl (C=O) groups excluding carboxylic acids is 1. The van der Waals surface area contributed by atoms with Gasteiger partial charge in [-0.3, -0.25) is 5.10 Å². The highest BCUT2D eigenvalue weighted by molar-refractivity contribution is 7.11. The van der Waals surface area contributed by atoms with Crippen LogP contribution in [-0.2, 0) is 0 Å². The first kappa shape index (κ1) is 18.1. The molecule has 3 aromatic rings. The number of aryl methyl sites for hydroxylation is 3. The van der Waals surface area contributed by atoms with Crippen molar-refractivity contribution >= 4 is 23.1 Å². The molecule has 0 aliphatic carbocycles. The van der Waals surface area contributed by atoms with Crippen molar-refractivity contribution in [3.05, 3.63) is 45.7 Å². The van der Waals surface area contributed by atoms with E-state index >= 15 is 0 Å². The number of H-pyrrole nitrogens is 1.